The fourth-order valence-corrected chi connectivity index (χ4v) is 3.45. The molecule has 0 aliphatic carbocycles. The van der Waals surface area contributed by atoms with Gasteiger partial charge in [0.2, 0.25) is 0 Å². The fraction of sp³-hybridized carbons (Fsp3) is 0.353. The molecule has 7 heteroatoms. The predicted octanol–water partition coefficient (Wildman–Crippen LogP) is 0.668. The summed E-state index contributed by atoms with van der Waals surface area (Å²) >= 11 is 0. The molecule has 3 aliphatic rings. The van der Waals surface area contributed by atoms with Crippen LogP contribution in [0.5, 0.6) is 5.75 Å². The average molecular weight is 328 g/mol. The number of fused-ring (bicyclic) bond motifs is 5. The first-order valence-corrected chi connectivity index (χ1v) is 7.85. The molecule has 4 rings (SSSR count). The second kappa shape index (κ2) is 5.45. The molecule has 124 valence electrons. The van der Waals surface area contributed by atoms with E-state index in [-0.39, 0.29) is 12.2 Å². The van der Waals surface area contributed by atoms with Gasteiger partial charge in [-0.1, -0.05) is 12.2 Å². The largest absolute Gasteiger partial charge is 0.494 e. The highest BCUT2D eigenvalue weighted by Crippen LogP contribution is 2.44. The van der Waals surface area contributed by atoms with Gasteiger partial charge in [0.05, 0.1) is 30.7 Å². The van der Waals surface area contributed by atoms with E-state index in [1.807, 2.05) is 6.92 Å². The minimum Gasteiger partial charge on any atom is -0.494 e. The number of hydrogen-bond donors (Lipinski definition) is 1. The van der Waals surface area contributed by atoms with Crippen molar-refractivity contribution >= 4 is 17.7 Å². The summed E-state index contributed by atoms with van der Waals surface area (Å²) in [4.78, 5) is 37.2. The first-order valence-electron chi connectivity index (χ1n) is 7.85. The van der Waals surface area contributed by atoms with Crippen molar-refractivity contribution in [1.82, 2.24) is 10.4 Å². The Morgan fingerprint density at radius 1 is 1.12 bits per heavy atom. The number of rotatable bonds is 4. The molecular weight excluding hydrogens is 312 g/mol. The van der Waals surface area contributed by atoms with Gasteiger partial charge in [-0.05, 0) is 31.2 Å². The number of nitrogens with zero attached hydrogens (tertiary/aromatic N) is 1. The molecule has 0 spiro atoms. The van der Waals surface area contributed by atoms with E-state index in [1.165, 1.54) is 0 Å². The highest BCUT2D eigenvalue weighted by molar-refractivity contribution is 6.09. The molecule has 0 aromatic heterocycles. The lowest BCUT2D eigenvalue weighted by Crippen LogP contribution is -2.47. The van der Waals surface area contributed by atoms with Gasteiger partial charge in [0.1, 0.15) is 5.75 Å². The molecule has 1 N–H and O–H groups in total. The van der Waals surface area contributed by atoms with Crippen molar-refractivity contribution in [1.29, 1.82) is 0 Å². The van der Waals surface area contributed by atoms with Crippen LogP contribution >= 0.6 is 0 Å². The van der Waals surface area contributed by atoms with Crippen LogP contribution in [-0.4, -0.2) is 41.5 Å². The van der Waals surface area contributed by atoms with Crippen LogP contribution in [0.15, 0.2) is 36.4 Å². The van der Waals surface area contributed by atoms with Crippen molar-refractivity contribution in [3.8, 4) is 5.75 Å². The van der Waals surface area contributed by atoms with E-state index < -0.39 is 29.6 Å². The first-order chi connectivity index (χ1) is 11.6. The van der Waals surface area contributed by atoms with Gasteiger partial charge in [-0.15, -0.1) is 0 Å². The zero-order chi connectivity index (χ0) is 16.8. The van der Waals surface area contributed by atoms with Gasteiger partial charge >= 0.3 is 0 Å². The summed E-state index contributed by atoms with van der Waals surface area (Å²) in [6.07, 6.45) is 2.86. The summed E-state index contributed by atoms with van der Waals surface area (Å²) in [6.45, 7) is 2.40. The SMILES string of the molecule is CCOc1ccc(C(=O)NN2C(=O)[C@@H]3[C@@H](C2=O)[C@H]2C=C[C@H]3O2)cc1. The third-order valence-electron chi connectivity index (χ3n) is 4.55. The van der Waals surface area contributed by atoms with Crippen molar-refractivity contribution in [2.45, 2.75) is 19.1 Å². The van der Waals surface area contributed by atoms with Crippen LogP contribution in [-0.2, 0) is 14.3 Å². The molecular formula is C17H16N2O5. The van der Waals surface area contributed by atoms with E-state index in [1.54, 1.807) is 36.4 Å². The van der Waals surface area contributed by atoms with Crippen LogP contribution in [0.1, 0.15) is 17.3 Å². The standard InChI is InChI=1S/C17H16N2O5/c1-2-23-10-5-3-9(4-6-10)15(20)18-19-16(21)13-11-7-8-12(24-11)14(13)17(19)22/h3-8,11-14H,2H2,1H3,(H,18,20)/t11-,12-,13+,14+/m1/s1. The number of carbonyl (C=O) groups excluding carboxylic acids is 3. The van der Waals surface area contributed by atoms with E-state index in [4.69, 9.17) is 9.47 Å². The molecule has 2 bridgehead atoms. The van der Waals surface area contributed by atoms with E-state index in [9.17, 15) is 14.4 Å². The van der Waals surface area contributed by atoms with Gasteiger partial charge in [0, 0.05) is 5.56 Å². The van der Waals surface area contributed by atoms with Gasteiger partial charge in [-0.2, -0.15) is 5.01 Å². The summed E-state index contributed by atoms with van der Waals surface area (Å²) < 4.78 is 10.9. The van der Waals surface area contributed by atoms with Crippen molar-refractivity contribution in [2.24, 2.45) is 11.8 Å². The topological polar surface area (TPSA) is 84.9 Å². The maximum atomic E-state index is 12.4. The van der Waals surface area contributed by atoms with Gasteiger partial charge < -0.3 is 9.47 Å². The van der Waals surface area contributed by atoms with Gasteiger partial charge in [-0.25, -0.2) is 0 Å². The Morgan fingerprint density at radius 2 is 1.71 bits per heavy atom. The van der Waals surface area contributed by atoms with Crippen molar-refractivity contribution in [3.63, 3.8) is 0 Å². The Balaban J connectivity index is 1.48. The fourth-order valence-electron chi connectivity index (χ4n) is 3.45. The molecule has 3 heterocycles. The van der Waals surface area contributed by atoms with Crippen LogP contribution in [0.25, 0.3) is 0 Å². The lowest BCUT2D eigenvalue weighted by Gasteiger charge is -2.18. The second-order valence-corrected chi connectivity index (χ2v) is 5.91. The molecule has 3 amide bonds. The molecule has 0 radical (unpaired) electrons. The molecule has 2 saturated heterocycles. The summed E-state index contributed by atoms with van der Waals surface area (Å²) in [7, 11) is 0. The summed E-state index contributed by atoms with van der Waals surface area (Å²) in [5, 5.41) is 0.837. The Bertz CT molecular complexity index is 712. The van der Waals surface area contributed by atoms with Crippen molar-refractivity contribution in [3.05, 3.63) is 42.0 Å². The third kappa shape index (κ3) is 2.12. The predicted molar refractivity (Wildman–Crippen MR) is 81.7 cm³/mol. The van der Waals surface area contributed by atoms with Crippen LogP contribution in [0.2, 0.25) is 0 Å². The minimum atomic E-state index is -0.534. The molecule has 3 aliphatic heterocycles. The summed E-state index contributed by atoms with van der Waals surface area (Å²) in [6, 6.07) is 6.50. The van der Waals surface area contributed by atoms with Crippen molar-refractivity contribution < 1.29 is 23.9 Å². The molecule has 0 saturated carbocycles. The Hall–Kier alpha value is -2.67. The molecule has 0 unspecified atom stereocenters. The first kappa shape index (κ1) is 14.9. The molecule has 7 nitrogen and oxygen atoms in total. The van der Waals surface area contributed by atoms with E-state index >= 15 is 0 Å². The van der Waals surface area contributed by atoms with E-state index in [0.717, 1.165) is 5.01 Å². The van der Waals surface area contributed by atoms with Crippen LogP contribution in [0.3, 0.4) is 0 Å². The van der Waals surface area contributed by atoms with Crippen LogP contribution in [0.4, 0.5) is 0 Å². The number of hydrazine groups is 1. The smallest absolute Gasteiger partial charge is 0.270 e. The number of carbonyl (C=O) groups is 3. The number of nitrogens with one attached hydrogen (secondary N) is 1. The third-order valence-corrected chi connectivity index (χ3v) is 4.55. The Morgan fingerprint density at radius 3 is 2.25 bits per heavy atom. The maximum absolute atomic E-state index is 12.4. The van der Waals surface area contributed by atoms with E-state index in [0.29, 0.717) is 17.9 Å². The summed E-state index contributed by atoms with van der Waals surface area (Å²) in [5.74, 6) is -1.76. The maximum Gasteiger partial charge on any atom is 0.270 e. The normalized spacial score (nSPS) is 30.0. The second-order valence-electron chi connectivity index (χ2n) is 5.91. The number of amides is 3. The van der Waals surface area contributed by atoms with Gasteiger partial charge in [0.15, 0.2) is 0 Å². The molecule has 24 heavy (non-hydrogen) atoms. The lowest BCUT2D eigenvalue weighted by atomic mass is 9.85. The molecule has 4 atom stereocenters. The van der Waals surface area contributed by atoms with Crippen LogP contribution in [0, 0.1) is 11.8 Å². The number of imide groups is 1. The van der Waals surface area contributed by atoms with Crippen LogP contribution < -0.4 is 10.2 Å². The molecule has 2 fully saturated rings. The summed E-state index contributed by atoms with van der Waals surface area (Å²) in [5.41, 5.74) is 2.76. The monoisotopic (exact) mass is 328 g/mol. The zero-order valence-electron chi connectivity index (χ0n) is 13.0. The molecule has 1 aromatic rings. The minimum absolute atomic E-state index is 0.341. The highest BCUT2D eigenvalue weighted by Gasteiger charge is 2.61. The van der Waals surface area contributed by atoms with Gasteiger partial charge in [0.25, 0.3) is 17.7 Å². The zero-order valence-corrected chi connectivity index (χ0v) is 13.0. The Kier molecular flexibility index (Phi) is 3.38. The van der Waals surface area contributed by atoms with E-state index in [2.05, 4.69) is 5.43 Å². The quantitative estimate of drug-likeness (QED) is 0.649. The number of hydrogen-bond acceptors (Lipinski definition) is 5. The average Bonchev–Trinajstić information content (AvgIpc) is 3.26. The molecule has 1 aromatic carbocycles. The number of benzene rings is 1. The lowest BCUT2D eigenvalue weighted by molar-refractivity contribution is -0.145. The van der Waals surface area contributed by atoms with Crippen molar-refractivity contribution in [2.75, 3.05) is 6.61 Å². The Labute approximate surface area is 138 Å². The van der Waals surface area contributed by atoms with Gasteiger partial charge in [-0.3, -0.25) is 19.8 Å². The highest BCUT2D eigenvalue weighted by atomic mass is 16.5. The number of ether oxygens (including phenoxy) is 2.